The normalized spacial score (nSPS) is 13.1. The summed E-state index contributed by atoms with van der Waals surface area (Å²) in [7, 11) is -3.98. The topological polar surface area (TPSA) is 83.9 Å². The Morgan fingerprint density at radius 2 is 1.82 bits per heavy atom. The summed E-state index contributed by atoms with van der Waals surface area (Å²) < 4.78 is 61.3. The van der Waals surface area contributed by atoms with Gasteiger partial charge in [-0.1, -0.05) is 30.3 Å². The van der Waals surface area contributed by atoms with Gasteiger partial charge in [-0.25, -0.2) is 17.2 Å². The van der Waals surface area contributed by atoms with Crippen molar-refractivity contribution in [1.82, 2.24) is 0 Å². The smallest absolute Gasteiger partial charge is 0.303 e. The average molecular weight is 473 g/mol. The Kier molecular flexibility index (Phi) is 6.33. The molecule has 6 nitrogen and oxygen atoms in total. The molecule has 172 valence electrons. The highest BCUT2D eigenvalue weighted by Crippen LogP contribution is 2.36. The van der Waals surface area contributed by atoms with E-state index in [0.717, 1.165) is 11.6 Å². The van der Waals surface area contributed by atoms with Gasteiger partial charge in [0.15, 0.2) is 0 Å². The van der Waals surface area contributed by atoms with Crippen molar-refractivity contribution in [2.24, 2.45) is 0 Å². The minimum absolute atomic E-state index is 0.00768. The van der Waals surface area contributed by atoms with Crippen molar-refractivity contribution in [2.45, 2.75) is 30.8 Å². The highest BCUT2D eigenvalue weighted by Gasteiger charge is 2.33. The molecule has 0 aliphatic carbocycles. The van der Waals surface area contributed by atoms with E-state index < -0.39 is 27.6 Å². The number of hydrogen-bond acceptors (Lipinski definition) is 4. The quantitative estimate of drug-likeness (QED) is 0.527. The number of sulfonamides is 1. The van der Waals surface area contributed by atoms with E-state index in [2.05, 4.69) is 0 Å². The molecule has 9 heteroatoms. The second-order valence-corrected chi connectivity index (χ2v) is 9.51. The van der Waals surface area contributed by atoms with Crippen LogP contribution in [-0.2, 0) is 34.3 Å². The molecule has 3 aromatic carbocycles. The van der Waals surface area contributed by atoms with Crippen molar-refractivity contribution in [3.8, 4) is 5.75 Å². The Bertz CT molecular complexity index is 1310. The lowest BCUT2D eigenvalue weighted by molar-refractivity contribution is -0.136. The van der Waals surface area contributed by atoms with Gasteiger partial charge in [-0.3, -0.25) is 9.10 Å². The van der Waals surface area contributed by atoms with E-state index in [4.69, 9.17) is 9.84 Å². The lowest BCUT2D eigenvalue weighted by atomic mass is 10.1. The largest absolute Gasteiger partial charge is 0.489 e. The molecule has 0 saturated heterocycles. The van der Waals surface area contributed by atoms with E-state index in [1.165, 1.54) is 34.6 Å². The Morgan fingerprint density at radius 1 is 1.03 bits per heavy atom. The standard InChI is InChI=1S/C24H21F2NO5S/c25-19-5-2-6-21(13-19)33(30,31)27-12-11-17-3-1-4-18(24(17)27)15-32-20-9-7-16(22(26)14-20)8-10-23(28)29/h1-7,9,13-14H,8,10-12,15H2,(H,28,29). The van der Waals surface area contributed by atoms with Gasteiger partial charge in [0.25, 0.3) is 10.0 Å². The fraction of sp³-hybridized carbons (Fsp3) is 0.208. The third-order valence-corrected chi connectivity index (χ3v) is 7.24. The number of para-hydroxylation sites is 1. The zero-order chi connectivity index (χ0) is 23.6. The molecule has 0 spiro atoms. The molecular formula is C24H21F2NO5S. The van der Waals surface area contributed by atoms with E-state index in [-0.39, 0.29) is 42.2 Å². The first-order valence-corrected chi connectivity index (χ1v) is 11.7. The Labute approximate surface area is 190 Å². The number of anilines is 1. The average Bonchev–Trinajstić information content (AvgIpc) is 3.22. The van der Waals surface area contributed by atoms with Crippen molar-refractivity contribution < 1.29 is 31.8 Å². The summed E-state index contributed by atoms with van der Waals surface area (Å²) in [4.78, 5) is 10.6. The van der Waals surface area contributed by atoms with Crippen LogP contribution in [0.25, 0.3) is 0 Å². The van der Waals surface area contributed by atoms with Gasteiger partial charge in [0.1, 0.15) is 24.0 Å². The maximum absolute atomic E-state index is 14.3. The summed E-state index contributed by atoms with van der Waals surface area (Å²) in [5.41, 5.74) is 2.18. The van der Waals surface area contributed by atoms with Gasteiger partial charge in [-0.2, -0.15) is 0 Å². The molecule has 4 rings (SSSR count). The number of hydrogen-bond donors (Lipinski definition) is 1. The van der Waals surface area contributed by atoms with Gasteiger partial charge in [-0.15, -0.1) is 0 Å². The number of nitrogens with zero attached hydrogens (tertiary/aromatic N) is 1. The molecule has 0 amide bonds. The maximum Gasteiger partial charge on any atom is 0.303 e. The minimum atomic E-state index is -3.98. The molecular weight excluding hydrogens is 452 g/mol. The van der Waals surface area contributed by atoms with E-state index in [0.29, 0.717) is 17.7 Å². The van der Waals surface area contributed by atoms with E-state index >= 15 is 0 Å². The van der Waals surface area contributed by atoms with E-state index in [9.17, 15) is 22.0 Å². The second-order valence-electron chi connectivity index (χ2n) is 7.65. The predicted octanol–water partition coefficient (Wildman–Crippen LogP) is 4.31. The lowest BCUT2D eigenvalue weighted by Crippen LogP contribution is -2.30. The first-order valence-electron chi connectivity index (χ1n) is 10.3. The zero-order valence-corrected chi connectivity index (χ0v) is 18.3. The molecule has 1 aliphatic heterocycles. The number of halogens is 2. The molecule has 1 N–H and O–H groups in total. The van der Waals surface area contributed by atoms with Gasteiger partial charge in [0, 0.05) is 24.6 Å². The third kappa shape index (κ3) is 4.83. The number of carbonyl (C=O) groups is 1. The SMILES string of the molecule is O=C(O)CCc1ccc(OCc2cccc3c2N(S(=O)(=O)c2cccc(F)c2)CC3)cc1F. The summed E-state index contributed by atoms with van der Waals surface area (Å²) in [5.74, 6) is -1.98. The molecule has 1 aliphatic rings. The summed E-state index contributed by atoms with van der Waals surface area (Å²) in [5, 5.41) is 8.76. The molecule has 33 heavy (non-hydrogen) atoms. The molecule has 0 radical (unpaired) electrons. The van der Waals surface area contributed by atoms with Crippen molar-refractivity contribution in [2.75, 3.05) is 10.8 Å². The van der Waals surface area contributed by atoms with Crippen molar-refractivity contribution >= 4 is 21.7 Å². The van der Waals surface area contributed by atoms with Gasteiger partial charge >= 0.3 is 5.97 Å². The number of ether oxygens (including phenoxy) is 1. The minimum Gasteiger partial charge on any atom is -0.489 e. The summed E-state index contributed by atoms with van der Waals surface area (Å²) >= 11 is 0. The van der Waals surface area contributed by atoms with Crippen LogP contribution in [0.4, 0.5) is 14.5 Å². The van der Waals surface area contributed by atoms with Crippen molar-refractivity contribution in [1.29, 1.82) is 0 Å². The number of aryl methyl sites for hydroxylation is 1. The van der Waals surface area contributed by atoms with Gasteiger partial charge in [-0.05, 0) is 48.2 Å². The van der Waals surface area contributed by atoms with Crippen LogP contribution in [-0.4, -0.2) is 26.0 Å². The molecule has 0 unspecified atom stereocenters. The first kappa shape index (κ1) is 22.7. The molecule has 0 bridgehead atoms. The Hall–Kier alpha value is -3.46. The summed E-state index contributed by atoms with van der Waals surface area (Å²) in [6, 6.07) is 14.4. The molecule has 0 atom stereocenters. The highest BCUT2D eigenvalue weighted by molar-refractivity contribution is 7.92. The summed E-state index contributed by atoms with van der Waals surface area (Å²) in [6.07, 6.45) is 0.397. The molecule has 1 heterocycles. The summed E-state index contributed by atoms with van der Waals surface area (Å²) in [6.45, 7) is 0.213. The van der Waals surface area contributed by atoms with Crippen LogP contribution in [0.1, 0.15) is 23.1 Å². The number of aliphatic carboxylic acids is 1. The second kappa shape index (κ2) is 9.19. The maximum atomic E-state index is 14.3. The first-order chi connectivity index (χ1) is 15.8. The van der Waals surface area contributed by atoms with Crippen LogP contribution in [0.2, 0.25) is 0 Å². The number of carboxylic acid groups (broad SMARTS) is 1. The van der Waals surface area contributed by atoms with Crippen LogP contribution < -0.4 is 9.04 Å². The van der Waals surface area contributed by atoms with Crippen LogP contribution in [0.3, 0.4) is 0 Å². The molecule has 0 aromatic heterocycles. The number of benzene rings is 3. The van der Waals surface area contributed by atoms with Gasteiger partial charge in [0.05, 0.1) is 10.6 Å². The zero-order valence-electron chi connectivity index (χ0n) is 17.5. The van der Waals surface area contributed by atoms with Crippen molar-refractivity contribution in [3.63, 3.8) is 0 Å². The predicted molar refractivity (Wildman–Crippen MR) is 118 cm³/mol. The number of fused-ring (bicyclic) bond motifs is 1. The number of carboxylic acids is 1. The third-order valence-electron chi connectivity index (χ3n) is 5.45. The van der Waals surface area contributed by atoms with E-state index in [1.54, 1.807) is 18.2 Å². The van der Waals surface area contributed by atoms with Crippen LogP contribution >= 0.6 is 0 Å². The lowest BCUT2D eigenvalue weighted by Gasteiger charge is -2.22. The fourth-order valence-corrected chi connectivity index (χ4v) is 5.41. The van der Waals surface area contributed by atoms with Crippen molar-refractivity contribution in [3.05, 3.63) is 89.0 Å². The molecule has 0 fully saturated rings. The number of rotatable bonds is 8. The van der Waals surface area contributed by atoms with E-state index in [1.807, 2.05) is 6.07 Å². The fourth-order valence-electron chi connectivity index (χ4n) is 3.84. The van der Waals surface area contributed by atoms with Gasteiger partial charge in [0.2, 0.25) is 0 Å². The Balaban J connectivity index is 1.56. The van der Waals surface area contributed by atoms with Crippen LogP contribution in [0, 0.1) is 11.6 Å². The highest BCUT2D eigenvalue weighted by atomic mass is 32.2. The molecule has 3 aromatic rings. The Morgan fingerprint density at radius 3 is 2.55 bits per heavy atom. The van der Waals surface area contributed by atoms with Crippen LogP contribution in [0.5, 0.6) is 5.75 Å². The van der Waals surface area contributed by atoms with Gasteiger partial charge < -0.3 is 9.84 Å². The monoisotopic (exact) mass is 473 g/mol. The molecule has 0 saturated carbocycles. The van der Waals surface area contributed by atoms with Crippen LogP contribution in [0.15, 0.2) is 65.6 Å².